The van der Waals surface area contributed by atoms with Crippen LogP contribution >= 0.6 is 15.9 Å². The van der Waals surface area contributed by atoms with Crippen LogP contribution in [0.4, 0.5) is 5.69 Å². The van der Waals surface area contributed by atoms with Gasteiger partial charge in [0.2, 0.25) is 0 Å². The molecule has 0 fully saturated rings. The molecule has 0 aliphatic rings. The second-order valence-corrected chi connectivity index (χ2v) is 5.58. The van der Waals surface area contributed by atoms with Crippen LogP contribution in [0.15, 0.2) is 22.7 Å². The lowest BCUT2D eigenvalue weighted by molar-refractivity contribution is 0.0846. The molecule has 0 aliphatic heterocycles. The first-order valence-electron chi connectivity index (χ1n) is 6.22. The van der Waals surface area contributed by atoms with Gasteiger partial charge in [0.15, 0.2) is 0 Å². The van der Waals surface area contributed by atoms with E-state index in [1.165, 1.54) is 0 Å². The van der Waals surface area contributed by atoms with E-state index in [4.69, 9.17) is 4.74 Å². The van der Waals surface area contributed by atoms with Crippen molar-refractivity contribution >= 4 is 21.6 Å². The fourth-order valence-corrected chi connectivity index (χ4v) is 2.34. The number of likely N-dealkylation sites (N-methyl/N-ethyl adjacent to an activating group) is 1. The summed E-state index contributed by atoms with van der Waals surface area (Å²) in [4.78, 5) is 2.14. The van der Waals surface area contributed by atoms with E-state index in [-0.39, 0.29) is 6.10 Å². The molecule has 1 aromatic rings. The van der Waals surface area contributed by atoms with Gasteiger partial charge in [-0.2, -0.15) is 0 Å². The summed E-state index contributed by atoms with van der Waals surface area (Å²) in [5, 5.41) is 9.57. The molecule has 0 saturated carbocycles. The molecule has 1 atom stereocenters. The summed E-state index contributed by atoms with van der Waals surface area (Å²) in [6, 6.07) is 5.99. The lowest BCUT2D eigenvalue weighted by Gasteiger charge is -2.21. The highest BCUT2D eigenvalue weighted by molar-refractivity contribution is 9.10. The molecule has 0 heterocycles. The number of nitrogens with zero attached hydrogens (tertiary/aromatic N) is 1. The molecule has 0 aromatic heterocycles. The second-order valence-electron chi connectivity index (χ2n) is 4.72. The number of hydrogen-bond acceptors (Lipinski definition) is 3. The number of rotatable bonds is 6. The zero-order chi connectivity index (χ0) is 13.7. The van der Waals surface area contributed by atoms with Crippen molar-refractivity contribution in [3.8, 4) is 0 Å². The van der Waals surface area contributed by atoms with E-state index in [1.54, 1.807) is 6.92 Å². The Morgan fingerprint density at radius 1 is 1.33 bits per heavy atom. The van der Waals surface area contributed by atoms with Gasteiger partial charge in [-0.15, -0.1) is 0 Å². The van der Waals surface area contributed by atoms with Gasteiger partial charge in [-0.1, -0.05) is 22.0 Å². The van der Waals surface area contributed by atoms with E-state index in [0.717, 1.165) is 22.3 Å². The summed E-state index contributed by atoms with van der Waals surface area (Å²) in [5.74, 6) is 0. The molecule has 0 radical (unpaired) electrons. The summed E-state index contributed by atoms with van der Waals surface area (Å²) < 4.78 is 6.47. The summed E-state index contributed by atoms with van der Waals surface area (Å²) in [6.07, 6.45) is -0.189. The largest absolute Gasteiger partial charge is 0.389 e. The highest BCUT2D eigenvalue weighted by Crippen LogP contribution is 2.27. The minimum Gasteiger partial charge on any atom is -0.389 e. The third-order valence-corrected chi connectivity index (χ3v) is 3.44. The van der Waals surface area contributed by atoms with Crippen molar-refractivity contribution in [1.29, 1.82) is 0 Å². The lowest BCUT2D eigenvalue weighted by atomic mass is 10.1. The third-order valence-electron chi connectivity index (χ3n) is 2.75. The van der Waals surface area contributed by atoms with Crippen LogP contribution in [0.1, 0.15) is 32.4 Å². The molecule has 18 heavy (non-hydrogen) atoms. The summed E-state index contributed by atoms with van der Waals surface area (Å²) in [6.45, 7) is 7.39. The van der Waals surface area contributed by atoms with Crippen LogP contribution in [0.25, 0.3) is 0 Å². The standard InChI is InChI=1S/C14H22BrNO2/c1-10(2)18-8-7-16(4)12-5-6-13(11(3)17)14(15)9-12/h5-6,9-11,17H,7-8H2,1-4H3. The van der Waals surface area contributed by atoms with Crippen LogP contribution in [-0.2, 0) is 4.74 Å². The number of benzene rings is 1. The minimum absolute atomic E-state index is 0.266. The van der Waals surface area contributed by atoms with E-state index < -0.39 is 6.10 Å². The van der Waals surface area contributed by atoms with E-state index in [2.05, 4.69) is 20.8 Å². The van der Waals surface area contributed by atoms with Gasteiger partial charge in [-0.25, -0.2) is 0 Å². The Kier molecular flexibility index (Phi) is 6.12. The van der Waals surface area contributed by atoms with Gasteiger partial charge in [-0.05, 0) is 38.5 Å². The maximum absolute atomic E-state index is 9.57. The fraction of sp³-hybridized carbons (Fsp3) is 0.571. The van der Waals surface area contributed by atoms with Crippen LogP contribution < -0.4 is 4.90 Å². The number of halogens is 1. The Morgan fingerprint density at radius 2 is 2.00 bits per heavy atom. The molecule has 102 valence electrons. The maximum atomic E-state index is 9.57. The third kappa shape index (κ3) is 4.59. The highest BCUT2D eigenvalue weighted by atomic mass is 79.9. The predicted molar refractivity (Wildman–Crippen MR) is 79.1 cm³/mol. The molecular weight excluding hydrogens is 294 g/mol. The Labute approximate surface area is 118 Å². The van der Waals surface area contributed by atoms with Gasteiger partial charge < -0.3 is 14.7 Å². The van der Waals surface area contributed by atoms with Gasteiger partial charge in [0, 0.05) is 23.8 Å². The molecule has 1 N–H and O–H groups in total. The average Bonchev–Trinajstić information content (AvgIpc) is 2.27. The summed E-state index contributed by atoms with van der Waals surface area (Å²) in [7, 11) is 2.04. The molecule has 0 amide bonds. The Hall–Kier alpha value is -0.580. The van der Waals surface area contributed by atoms with Crippen LogP contribution in [0.5, 0.6) is 0 Å². The Morgan fingerprint density at radius 3 is 2.50 bits per heavy atom. The highest BCUT2D eigenvalue weighted by Gasteiger charge is 2.08. The molecule has 1 unspecified atom stereocenters. The number of ether oxygens (including phenoxy) is 1. The number of hydrogen-bond donors (Lipinski definition) is 1. The van der Waals surface area contributed by atoms with Crippen molar-refractivity contribution in [2.24, 2.45) is 0 Å². The molecule has 1 aromatic carbocycles. The average molecular weight is 316 g/mol. The lowest BCUT2D eigenvalue weighted by Crippen LogP contribution is -2.23. The van der Waals surface area contributed by atoms with Crippen molar-refractivity contribution < 1.29 is 9.84 Å². The van der Waals surface area contributed by atoms with Crippen LogP contribution in [0, 0.1) is 0 Å². The molecule has 0 saturated heterocycles. The van der Waals surface area contributed by atoms with E-state index >= 15 is 0 Å². The van der Waals surface area contributed by atoms with E-state index in [1.807, 2.05) is 39.1 Å². The Balaban J connectivity index is 2.63. The molecule has 4 heteroatoms. The second kappa shape index (κ2) is 7.12. The number of aliphatic hydroxyl groups excluding tert-OH is 1. The zero-order valence-electron chi connectivity index (χ0n) is 11.5. The Bertz CT molecular complexity index is 380. The first-order chi connectivity index (χ1) is 8.41. The van der Waals surface area contributed by atoms with Gasteiger partial charge in [0.25, 0.3) is 0 Å². The number of anilines is 1. The van der Waals surface area contributed by atoms with Crippen LogP contribution in [-0.4, -0.2) is 31.4 Å². The topological polar surface area (TPSA) is 32.7 Å². The fourth-order valence-electron chi connectivity index (χ4n) is 1.65. The summed E-state index contributed by atoms with van der Waals surface area (Å²) in [5.41, 5.74) is 2.02. The van der Waals surface area contributed by atoms with E-state index in [9.17, 15) is 5.11 Å². The van der Waals surface area contributed by atoms with Crippen molar-refractivity contribution in [3.05, 3.63) is 28.2 Å². The smallest absolute Gasteiger partial charge is 0.0772 e. The summed E-state index contributed by atoms with van der Waals surface area (Å²) >= 11 is 3.49. The molecule has 0 spiro atoms. The SMILES string of the molecule is CC(C)OCCN(C)c1ccc(C(C)O)c(Br)c1. The predicted octanol–water partition coefficient (Wildman–Crippen LogP) is 3.36. The molecule has 0 aliphatic carbocycles. The van der Waals surface area contributed by atoms with E-state index in [0.29, 0.717) is 6.61 Å². The van der Waals surface area contributed by atoms with Crippen molar-refractivity contribution in [2.45, 2.75) is 33.0 Å². The molecular formula is C14H22BrNO2. The first-order valence-corrected chi connectivity index (χ1v) is 7.01. The first kappa shape index (κ1) is 15.5. The van der Waals surface area contributed by atoms with Gasteiger partial charge >= 0.3 is 0 Å². The van der Waals surface area contributed by atoms with Crippen LogP contribution in [0.3, 0.4) is 0 Å². The quantitative estimate of drug-likeness (QED) is 0.873. The maximum Gasteiger partial charge on any atom is 0.0772 e. The zero-order valence-corrected chi connectivity index (χ0v) is 13.1. The number of aliphatic hydroxyl groups is 1. The van der Waals surface area contributed by atoms with Crippen LogP contribution in [0.2, 0.25) is 0 Å². The normalized spacial score (nSPS) is 12.8. The molecule has 0 bridgehead atoms. The van der Waals surface area contributed by atoms with Gasteiger partial charge in [-0.3, -0.25) is 0 Å². The van der Waals surface area contributed by atoms with Crippen molar-refractivity contribution in [2.75, 3.05) is 25.1 Å². The molecule has 1 rings (SSSR count). The molecule has 3 nitrogen and oxygen atoms in total. The van der Waals surface area contributed by atoms with Gasteiger partial charge in [0.1, 0.15) is 0 Å². The monoisotopic (exact) mass is 315 g/mol. The van der Waals surface area contributed by atoms with Crippen molar-refractivity contribution in [1.82, 2.24) is 0 Å². The van der Waals surface area contributed by atoms with Gasteiger partial charge in [0.05, 0.1) is 18.8 Å². The minimum atomic E-state index is -0.456. The van der Waals surface area contributed by atoms with Crippen molar-refractivity contribution in [3.63, 3.8) is 0 Å².